The Hall–Kier alpha value is -2.97. The van der Waals surface area contributed by atoms with Crippen molar-refractivity contribution in [1.29, 1.82) is 0 Å². The van der Waals surface area contributed by atoms with E-state index in [1.807, 2.05) is 19.1 Å². The van der Waals surface area contributed by atoms with Crippen LogP contribution in [-0.4, -0.2) is 73.1 Å². The Bertz CT molecular complexity index is 909. The largest absolute Gasteiger partial charge is 0.497 e. The monoisotopic (exact) mass is 516 g/mol. The first-order chi connectivity index (χ1) is 17.7. The highest BCUT2D eigenvalue weighted by Crippen LogP contribution is 2.29. The fraction of sp³-hybridized carbons (Fsp3) is 0.679. The lowest BCUT2D eigenvalue weighted by Gasteiger charge is -2.47. The van der Waals surface area contributed by atoms with E-state index in [4.69, 9.17) is 9.47 Å². The Balaban J connectivity index is 1.91. The second kappa shape index (κ2) is 13.5. The topological polar surface area (TPSA) is 100 Å². The number of rotatable bonds is 10. The van der Waals surface area contributed by atoms with E-state index in [2.05, 4.69) is 24.5 Å². The van der Waals surface area contributed by atoms with Crippen LogP contribution in [0.1, 0.15) is 71.3 Å². The molecule has 206 valence electrons. The van der Waals surface area contributed by atoms with Crippen molar-refractivity contribution in [3.63, 3.8) is 0 Å². The Morgan fingerprint density at radius 2 is 1.70 bits per heavy atom. The van der Waals surface area contributed by atoms with Crippen molar-refractivity contribution in [2.24, 2.45) is 5.92 Å². The van der Waals surface area contributed by atoms with Gasteiger partial charge in [0.15, 0.2) is 0 Å². The van der Waals surface area contributed by atoms with Crippen molar-refractivity contribution in [3.05, 3.63) is 23.8 Å². The normalized spacial score (nSPS) is 20.6. The Kier molecular flexibility index (Phi) is 10.5. The molecule has 1 aromatic rings. The van der Waals surface area contributed by atoms with Crippen molar-refractivity contribution < 1.29 is 23.9 Å². The molecular weight excluding hydrogens is 472 g/mol. The fourth-order valence-electron chi connectivity index (χ4n) is 5.45. The zero-order chi connectivity index (χ0) is 26.9. The predicted octanol–water partition coefficient (Wildman–Crippen LogP) is 3.70. The van der Waals surface area contributed by atoms with Crippen molar-refractivity contribution >= 4 is 17.8 Å². The molecule has 4 amide bonds. The number of methoxy groups -OCH3 is 2. The summed E-state index contributed by atoms with van der Waals surface area (Å²) < 4.78 is 10.8. The quantitative estimate of drug-likeness (QED) is 0.494. The van der Waals surface area contributed by atoms with Crippen molar-refractivity contribution in [3.8, 4) is 11.5 Å². The molecule has 1 unspecified atom stereocenters. The van der Waals surface area contributed by atoms with Gasteiger partial charge in [-0.3, -0.25) is 9.59 Å². The summed E-state index contributed by atoms with van der Waals surface area (Å²) in [5.74, 6) is 1.26. The second-order valence-electron chi connectivity index (χ2n) is 10.6. The highest BCUT2D eigenvalue weighted by atomic mass is 16.5. The van der Waals surface area contributed by atoms with Crippen LogP contribution in [0.5, 0.6) is 11.5 Å². The molecule has 1 heterocycles. The molecule has 0 bridgehead atoms. The highest BCUT2D eigenvalue weighted by molar-refractivity contribution is 5.89. The van der Waals surface area contributed by atoms with Gasteiger partial charge in [0, 0.05) is 38.2 Å². The molecule has 2 fully saturated rings. The molecule has 1 aliphatic carbocycles. The summed E-state index contributed by atoms with van der Waals surface area (Å²) in [6.45, 7) is 7.11. The first-order valence-corrected chi connectivity index (χ1v) is 13.6. The average Bonchev–Trinajstić information content (AvgIpc) is 2.87. The molecule has 1 aromatic carbocycles. The molecule has 1 saturated carbocycles. The van der Waals surface area contributed by atoms with Gasteiger partial charge in [0.1, 0.15) is 17.5 Å². The number of hydrogen-bond acceptors (Lipinski definition) is 5. The molecule has 9 nitrogen and oxygen atoms in total. The first-order valence-electron chi connectivity index (χ1n) is 13.6. The predicted molar refractivity (Wildman–Crippen MR) is 143 cm³/mol. The molecule has 3 rings (SSSR count). The summed E-state index contributed by atoms with van der Waals surface area (Å²) >= 11 is 0. The van der Waals surface area contributed by atoms with Gasteiger partial charge in [-0.2, -0.15) is 0 Å². The van der Waals surface area contributed by atoms with E-state index in [0.29, 0.717) is 31.0 Å². The maximum Gasteiger partial charge on any atom is 0.318 e. The molecule has 2 N–H and O–H groups in total. The lowest BCUT2D eigenvalue weighted by Crippen LogP contribution is -2.66. The van der Waals surface area contributed by atoms with Gasteiger partial charge in [-0.15, -0.1) is 0 Å². The van der Waals surface area contributed by atoms with Crippen LogP contribution in [0.15, 0.2) is 18.2 Å². The molecule has 0 radical (unpaired) electrons. The van der Waals surface area contributed by atoms with Gasteiger partial charge in [-0.05, 0) is 49.8 Å². The Morgan fingerprint density at radius 3 is 2.27 bits per heavy atom. The minimum atomic E-state index is -0.635. The molecule has 0 spiro atoms. The van der Waals surface area contributed by atoms with Crippen LogP contribution in [-0.2, 0) is 16.1 Å². The number of amides is 4. The van der Waals surface area contributed by atoms with Gasteiger partial charge in [-0.1, -0.05) is 33.1 Å². The molecule has 2 aliphatic rings. The van der Waals surface area contributed by atoms with E-state index in [9.17, 15) is 14.4 Å². The molecule has 1 aliphatic heterocycles. The van der Waals surface area contributed by atoms with Crippen molar-refractivity contribution in [1.82, 2.24) is 20.4 Å². The third-order valence-corrected chi connectivity index (χ3v) is 7.20. The number of carbonyl (C=O) groups excluding carboxylic acids is 3. The fourth-order valence-corrected chi connectivity index (χ4v) is 5.45. The van der Waals surface area contributed by atoms with Crippen molar-refractivity contribution in [2.75, 3.05) is 27.3 Å². The zero-order valence-corrected chi connectivity index (χ0v) is 23.0. The second-order valence-corrected chi connectivity index (χ2v) is 10.6. The van der Waals surface area contributed by atoms with Gasteiger partial charge in [0.25, 0.3) is 0 Å². The minimum Gasteiger partial charge on any atom is -0.497 e. The minimum absolute atomic E-state index is 0.0959. The maximum atomic E-state index is 13.9. The van der Waals surface area contributed by atoms with Gasteiger partial charge in [0.2, 0.25) is 11.8 Å². The van der Waals surface area contributed by atoms with Crippen molar-refractivity contribution in [2.45, 2.75) is 90.4 Å². The number of ether oxygens (including phenoxy) is 2. The maximum absolute atomic E-state index is 13.9. The lowest BCUT2D eigenvalue weighted by atomic mass is 9.93. The van der Waals surface area contributed by atoms with E-state index >= 15 is 0 Å². The van der Waals surface area contributed by atoms with Crippen LogP contribution in [0.2, 0.25) is 0 Å². The van der Waals surface area contributed by atoms with Crippen LogP contribution in [0.4, 0.5) is 4.79 Å². The summed E-state index contributed by atoms with van der Waals surface area (Å²) in [5, 5.41) is 6.06. The zero-order valence-electron chi connectivity index (χ0n) is 23.0. The third kappa shape index (κ3) is 7.76. The van der Waals surface area contributed by atoms with Crippen LogP contribution >= 0.6 is 0 Å². The van der Waals surface area contributed by atoms with E-state index in [0.717, 1.165) is 31.2 Å². The number of nitrogens with zero attached hydrogens (tertiary/aromatic N) is 2. The van der Waals surface area contributed by atoms with Gasteiger partial charge >= 0.3 is 6.03 Å². The number of carbonyl (C=O) groups is 3. The number of benzene rings is 1. The number of piperazine rings is 1. The Morgan fingerprint density at radius 1 is 1.05 bits per heavy atom. The van der Waals surface area contributed by atoms with Gasteiger partial charge in [-0.25, -0.2) is 4.79 Å². The van der Waals surface area contributed by atoms with Gasteiger partial charge < -0.3 is 29.9 Å². The number of urea groups is 1. The molecule has 9 heteroatoms. The van der Waals surface area contributed by atoms with Crippen LogP contribution < -0.4 is 20.1 Å². The van der Waals surface area contributed by atoms with E-state index in [-0.39, 0.29) is 42.8 Å². The summed E-state index contributed by atoms with van der Waals surface area (Å²) in [4.78, 5) is 43.7. The third-order valence-electron chi connectivity index (χ3n) is 7.20. The molecule has 2 atom stereocenters. The average molecular weight is 517 g/mol. The molecule has 37 heavy (non-hydrogen) atoms. The summed E-state index contributed by atoms with van der Waals surface area (Å²) in [5.41, 5.74) is 0.865. The molecule has 0 aromatic heterocycles. The first kappa shape index (κ1) is 28.6. The van der Waals surface area contributed by atoms with Crippen LogP contribution in [0.25, 0.3) is 0 Å². The molecule has 1 saturated heterocycles. The van der Waals surface area contributed by atoms with E-state index in [1.54, 1.807) is 30.1 Å². The number of hydrogen-bond donors (Lipinski definition) is 2. The summed E-state index contributed by atoms with van der Waals surface area (Å²) in [6.07, 6.45) is 5.96. The lowest BCUT2D eigenvalue weighted by molar-refractivity contribution is -0.145. The summed E-state index contributed by atoms with van der Waals surface area (Å²) in [7, 11) is 3.18. The van der Waals surface area contributed by atoms with Gasteiger partial charge in [0.05, 0.1) is 20.3 Å². The highest BCUT2D eigenvalue weighted by Gasteiger charge is 2.44. The Labute approximate surface area is 221 Å². The smallest absolute Gasteiger partial charge is 0.318 e. The summed E-state index contributed by atoms with van der Waals surface area (Å²) in [6, 6.07) is 4.38. The SMILES string of the molecule is CCNC(=O)CC1CN(Cc2cc(OC)cc(OC)c2)C(=O)[C@H](CC(C)C)N1C(=O)NC1CCCCC1. The van der Waals surface area contributed by atoms with E-state index < -0.39 is 12.1 Å². The molecular formula is C28H44N4O5. The van der Waals surface area contributed by atoms with E-state index in [1.165, 1.54) is 6.42 Å². The van der Waals surface area contributed by atoms with Crippen LogP contribution in [0, 0.1) is 5.92 Å². The van der Waals surface area contributed by atoms with Crippen LogP contribution in [0.3, 0.4) is 0 Å². The standard InChI is InChI=1S/C28H44N4O5/c1-6-29-26(33)15-22-18-31(17-20-13-23(36-4)16-24(14-20)37-5)27(34)25(12-19(2)3)32(22)28(35)30-21-10-8-7-9-11-21/h13-14,16,19,21-22,25H,6-12,15,17-18H2,1-5H3,(H,29,33)(H,30,35)/t22?,25-/m0/s1. The number of nitrogens with one attached hydrogen (secondary N) is 2.